The van der Waals surface area contributed by atoms with Gasteiger partial charge in [0.15, 0.2) is 0 Å². The molecule has 1 aromatic carbocycles. The zero-order valence-electron chi connectivity index (χ0n) is 8.44. The molecule has 1 N–H and O–H groups in total. The minimum atomic E-state index is 0.774. The summed E-state index contributed by atoms with van der Waals surface area (Å²) in [5.41, 5.74) is 2.13. The Labute approximate surface area is 93.7 Å². The van der Waals surface area contributed by atoms with Gasteiger partial charge in [-0.1, -0.05) is 17.7 Å². The molecule has 2 rings (SSSR count). The topological polar surface area (TPSA) is 29.9 Å². The summed E-state index contributed by atoms with van der Waals surface area (Å²) in [7, 11) is 1.90. The first-order chi connectivity index (χ1) is 7.31. The maximum Gasteiger partial charge on any atom is 0.0991 e. The normalized spacial score (nSPS) is 10.5. The van der Waals surface area contributed by atoms with E-state index < -0.39 is 0 Å². The summed E-state index contributed by atoms with van der Waals surface area (Å²) < 4.78 is 1.93. The van der Waals surface area contributed by atoms with E-state index in [2.05, 4.69) is 10.3 Å². The molecule has 0 spiro atoms. The number of rotatable bonds is 3. The highest BCUT2D eigenvalue weighted by Gasteiger charge is 2.01. The minimum absolute atomic E-state index is 0.774. The van der Waals surface area contributed by atoms with Gasteiger partial charge >= 0.3 is 0 Å². The molecule has 15 heavy (non-hydrogen) atoms. The van der Waals surface area contributed by atoms with Crippen LogP contribution in [0.5, 0.6) is 0 Å². The van der Waals surface area contributed by atoms with Crippen LogP contribution in [0, 0.1) is 0 Å². The van der Waals surface area contributed by atoms with E-state index in [1.54, 1.807) is 12.5 Å². The zero-order valence-corrected chi connectivity index (χ0v) is 9.20. The molecule has 0 saturated heterocycles. The molecule has 0 radical (unpaired) electrons. The molecule has 0 aliphatic carbocycles. The first-order valence-corrected chi connectivity index (χ1v) is 5.10. The lowest BCUT2D eigenvalue weighted by Crippen LogP contribution is -2.05. The molecule has 1 heterocycles. The lowest BCUT2D eigenvalue weighted by Gasteiger charge is -2.07. The molecule has 0 aliphatic rings. The second-order valence-corrected chi connectivity index (χ2v) is 3.68. The number of halogens is 1. The molecule has 0 aliphatic heterocycles. The quantitative estimate of drug-likeness (QED) is 0.862. The van der Waals surface area contributed by atoms with E-state index in [4.69, 9.17) is 11.6 Å². The molecule has 4 heteroatoms. The predicted octanol–water partition coefficient (Wildman–Crippen LogP) is 2.25. The summed E-state index contributed by atoms with van der Waals surface area (Å²) in [6, 6.07) is 5.99. The van der Waals surface area contributed by atoms with Crippen molar-refractivity contribution in [1.29, 1.82) is 0 Å². The second kappa shape index (κ2) is 4.47. The van der Waals surface area contributed by atoms with Crippen LogP contribution in [0.2, 0.25) is 5.02 Å². The molecule has 1 aromatic heterocycles. The van der Waals surface area contributed by atoms with Crippen LogP contribution < -0.4 is 5.32 Å². The summed E-state index contributed by atoms with van der Waals surface area (Å²) in [6.45, 7) is 0.781. The highest BCUT2D eigenvalue weighted by molar-refractivity contribution is 6.31. The van der Waals surface area contributed by atoms with Crippen molar-refractivity contribution in [3.63, 3.8) is 0 Å². The molecule has 0 amide bonds. The van der Waals surface area contributed by atoms with Crippen molar-refractivity contribution >= 4 is 11.6 Å². The zero-order chi connectivity index (χ0) is 10.7. The molecular weight excluding hydrogens is 210 g/mol. The molecule has 2 aromatic rings. The first-order valence-electron chi connectivity index (χ1n) is 4.72. The van der Waals surface area contributed by atoms with Crippen molar-refractivity contribution < 1.29 is 0 Å². The maximum atomic E-state index is 6.15. The van der Waals surface area contributed by atoms with Gasteiger partial charge in [0.2, 0.25) is 0 Å². The van der Waals surface area contributed by atoms with E-state index in [9.17, 15) is 0 Å². The Balaban J connectivity index is 2.33. The van der Waals surface area contributed by atoms with E-state index in [-0.39, 0.29) is 0 Å². The average Bonchev–Trinajstić information content (AvgIpc) is 2.74. The summed E-state index contributed by atoms with van der Waals surface area (Å²) in [5.74, 6) is 0. The van der Waals surface area contributed by atoms with Crippen LogP contribution in [-0.2, 0) is 6.54 Å². The number of hydrogen-bond acceptors (Lipinski definition) is 2. The Bertz CT molecular complexity index is 437. The van der Waals surface area contributed by atoms with Gasteiger partial charge in [0.1, 0.15) is 0 Å². The predicted molar refractivity (Wildman–Crippen MR) is 61.3 cm³/mol. The fourth-order valence-corrected chi connectivity index (χ4v) is 1.68. The number of benzene rings is 1. The molecule has 78 valence electrons. The van der Waals surface area contributed by atoms with Crippen LogP contribution in [0.3, 0.4) is 0 Å². The van der Waals surface area contributed by atoms with Gasteiger partial charge in [-0.05, 0) is 24.7 Å². The fraction of sp³-hybridized carbons (Fsp3) is 0.182. The van der Waals surface area contributed by atoms with Crippen molar-refractivity contribution in [1.82, 2.24) is 14.9 Å². The van der Waals surface area contributed by atoms with Gasteiger partial charge in [0.05, 0.1) is 6.33 Å². The van der Waals surface area contributed by atoms with Gasteiger partial charge < -0.3 is 9.88 Å². The van der Waals surface area contributed by atoms with Crippen LogP contribution in [0.1, 0.15) is 5.56 Å². The average molecular weight is 222 g/mol. The number of nitrogens with zero attached hydrogens (tertiary/aromatic N) is 2. The van der Waals surface area contributed by atoms with Crippen molar-refractivity contribution in [2.45, 2.75) is 6.54 Å². The van der Waals surface area contributed by atoms with E-state index >= 15 is 0 Å². The van der Waals surface area contributed by atoms with E-state index in [1.165, 1.54) is 0 Å². The van der Waals surface area contributed by atoms with E-state index in [0.717, 1.165) is 22.8 Å². The lowest BCUT2D eigenvalue weighted by molar-refractivity contribution is 0.817. The van der Waals surface area contributed by atoms with Crippen LogP contribution in [0.25, 0.3) is 5.69 Å². The Hall–Kier alpha value is -1.32. The van der Waals surface area contributed by atoms with Gasteiger partial charge in [-0.25, -0.2) is 4.98 Å². The van der Waals surface area contributed by atoms with Gasteiger partial charge in [-0.2, -0.15) is 0 Å². The smallest absolute Gasteiger partial charge is 0.0991 e. The van der Waals surface area contributed by atoms with Crippen LogP contribution in [0.4, 0.5) is 0 Å². The summed E-state index contributed by atoms with van der Waals surface area (Å²) in [5, 5.41) is 3.85. The number of nitrogens with one attached hydrogen (secondary N) is 1. The first kappa shape index (κ1) is 10.2. The van der Waals surface area contributed by atoms with Crippen molar-refractivity contribution in [3.05, 3.63) is 47.5 Å². The molecule has 0 saturated carbocycles. The summed E-state index contributed by atoms with van der Waals surface area (Å²) >= 11 is 6.15. The number of aromatic nitrogens is 2. The largest absolute Gasteiger partial charge is 0.316 e. The van der Waals surface area contributed by atoms with Crippen LogP contribution >= 0.6 is 11.6 Å². The molecule has 3 nitrogen and oxygen atoms in total. The van der Waals surface area contributed by atoms with Crippen LogP contribution in [-0.4, -0.2) is 16.6 Å². The van der Waals surface area contributed by atoms with Crippen molar-refractivity contribution in [2.75, 3.05) is 7.05 Å². The van der Waals surface area contributed by atoms with Crippen LogP contribution in [0.15, 0.2) is 36.9 Å². The Morgan fingerprint density at radius 1 is 1.47 bits per heavy atom. The van der Waals surface area contributed by atoms with Crippen molar-refractivity contribution in [2.24, 2.45) is 0 Å². The monoisotopic (exact) mass is 221 g/mol. The molecule has 0 fully saturated rings. The third kappa shape index (κ3) is 2.19. The highest BCUT2D eigenvalue weighted by atomic mass is 35.5. The standard InChI is InChI=1S/C11H12ClN3/c1-13-7-9-2-3-10(6-11(9)12)15-5-4-14-8-15/h2-6,8,13H,7H2,1H3. The Morgan fingerprint density at radius 2 is 2.33 bits per heavy atom. The van der Waals surface area contributed by atoms with E-state index in [1.807, 2.05) is 36.0 Å². The second-order valence-electron chi connectivity index (χ2n) is 3.28. The Kier molecular flexibility index (Phi) is 3.04. The molecular formula is C11H12ClN3. The maximum absolute atomic E-state index is 6.15. The number of hydrogen-bond donors (Lipinski definition) is 1. The molecule has 0 bridgehead atoms. The van der Waals surface area contributed by atoms with Gasteiger partial charge in [0.25, 0.3) is 0 Å². The third-order valence-electron chi connectivity index (χ3n) is 2.21. The van der Waals surface area contributed by atoms with Gasteiger partial charge in [-0.15, -0.1) is 0 Å². The third-order valence-corrected chi connectivity index (χ3v) is 2.56. The number of imidazole rings is 1. The Morgan fingerprint density at radius 3 is 2.93 bits per heavy atom. The summed E-state index contributed by atoms with van der Waals surface area (Å²) in [6.07, 6.45) is 5.39. The summed E-state index contributed by atoms with van der Waals surface area (Å²) in [4.78, 5) is 3.99. The van der Waals surface area contributed by atoms with Crippen molar-refractivity contribution in [3.8, 4) is 5.69 Å². The minimum Gasteiger partial charge on any atom is -0.316 e. The molecule has 0 unspecified atom stereocenters. The fourth-order valence-electron chi connectivity index (χ4n) is 1.44. The lowest BCUT2D eigenvalue weighted by atomic mass is 10.2. The van der Waals surface area contributed by atoms with Gasteiger partial charge in [0, 0.05) is 29.6 Å². The van der Waals surface area contributed by atoms with E-state index in [0.29, 0.717) is 0 Å². The van der Waals surface area contributed by atoms with Gasteiger partial charge in [-0.3, -0.25) is 0 Å². The molecule has 0 atom stereocenters. The highest BCUT2D eigenvalue weighted by Crippen LogP contribution is 2.19. The SMILES string of the molecule is CNCc1ccc(-n2ccnc2)cc1Cl.